The molecule has 7 heteroatoms. The smallest absolute Gasteiger partial charge is 0.331 e. The van der Waals surface area contributed by atoms with E-state index < -0.39 is 18.0 Å². The maximum absolute atomic E-state index is 12.2. The second kappa shape index (κ2) is 8.73. The van der Waals surface area contributed by atoms with E-state index in [4.69, 9.17) is 14.2 Å². The Hall–Kier alpha value is -2.80. The van der Waals surface area contributed by atoms with Crippen LogP contribution in [0.15, 0.2) is 53.0 Å². The number of carbonyl (C=O) groups excluding carboxylic acids is 2. The molecule has 3 rings (SSSR count). The minimum atomic E-state index is -0.944. The molecule has 2 aromatic rings. The molecular formula is C20H18BrNO5. The molecule has 2 aromatic carbocycles. The van der Waals surface area contributed by atoms with Gasteiger partial charge in [0.15, 0.2) is 17.6 Å². The topological polar surface area (TPSA) is 73.9 Å². The highest BCUT2D eigenvalue weighted by Crippen LogP contribution is 2.32. The largest absolute Gasteiger partial charge is 0.486 e. The molecule has 1 aliphatic rings. The van der Waals surface area contributed by atoms with Crippen LogP contribution in [0.3, 0.4) is 0 Å². The predicted molar refractivity (Wildman–Crippen MR) is 105 cm³/mol. The number of fused-ring (bicyclic) bond motifs is 1. The number of anilines is 1. The van der Waals surface area contributed by atoms with Crippen LogP contribution in [0.4, 0.5) is 5.69 Å². The first-order valence-electron chi connectivity index (χ1n) is 8.36. The van der Waals surface area contributed by atoms with Gasteiger partial charge < -0.3 is 19.5 Å². The fraction of sp³-hybridized carbons (Fsp3) is 0.200. The number of amides is 1. The number of hydrogen-bond donors (Lipinski definition) is 1. The van der Waals surface area contributed by atoms with Crippen LogP contribution in [0.1, 0.15) is 12.5 Å². The number of nitrogens with one attached hydrogen (secondary N) is 1. The van der Waals surface area contributed by atoms with E-state index in [9.17, 15) is 9.59 Å². The second-order valence-electron chi connectivity index (χ2n) is 5.81. The maximum Gasteiger partial charge on any atom is 0.331 e. The Morgan fingerprint density at radius 1 is 1.11 bits per heavy atom. The van der Waals surface area contributed by atoms with Crippen molar-refractivity contribution >= 4 is 39.6 Å². The molecule has 1 atom stereocenters. The zero-order chi connectivity index (χ0) is 19.2. The van der Waals surface area contributed by atoms with Crippen LogP contribution < -0.4 is 14.8 Å². The van der Waals surface area contributed by atoms with Crippen molar-refractivity contribution in [2.75, 3.05) is 18.5 Å². The summed E-state index contributed by atoms with van der Waals surface area (Å²) in [6, 6.07) is 12.5. The van der Waals surface area contributed by atoms with Gasteiger partial charge in [0.2, 0.25) is 0 Å². The number of carbonyl (C=O) groups is 2. The molecule has 1 heterocycles. The van der Waals surface area contributed by atoms with Crippen LogP contribution in [0.25, 0.3) is 6.08 Å². The van der Waals surface area contributed by atoms with Crippen molar-refractivity contribution in [1.29, 1.82) is 0 Å². The lowest BCUT2D eigenvalue weighted by Gasteiger charge is -2.19. The average Bonchev–Trinajstić information content (AvgIpc) is 2.67. The summed E-state index contributed by atoms with van der Waals surface area (Å²) in [7, 11) is 0. The van der Waals surface area contributed by atoms with Gasteiger partial charge in [-0.05, 0) is 42.8 Å². The van der Waals surface area contributed by atoms with Gasteiger partial charge in [0.1, 0.15) is 13.2 Å². The van der Waals surface area contributed by atoms with Crippen molar-refractivity contribution in [2.24, 2.45) is 0 Å². The van der Waals surface area contributed by atoms with Gasteiger partial charge in [-0.25, -0.2) is 4.79 Å². The Labute approximate surface area is 165 Å². The van der Waals surface area contributed by atoms with Gasteiger partial charge in [-0.2, -0.15) is 0 Å². The van der Waals surface area contributed by atoms with Gasteiger partial charge >= 0.3 is 5.97 Å². The molecule has 140 valence electrons. The van der Waals surface area contributed by atoms with E-state index in [-0.39, 0.29) is 0 Å². The summed E-state index contributed by atoms with van der Waals surface area (Å²) in [5.74, 6) is 0.178. The Morgan fingerprint density at radius 2 is 1.81 bits per heavy atom. The third-order valence-corrected chi connectivity index (χ3v) is 4.28. The zero-order valence-corrected chi connectivity index (χ0v) is 16.2. The fourth-order valence-corrected chi connectivity index (χ4v) is 2.63. The van der Waals surface area contributed by atoms with Gasteiger partial charge in [0.05, 0.1) is 0 Å². The van der Waals surface area contributed by atoms with Gasteiger partial charge in [0, 0.05) is 22.3 Å². The first-order chi connectivity index (χ1) is 13.0. The molecule has 1 N–H and O–H groups in total. The molecule has 27 heavy (non-hydrogen) atoms. The van der Waals surface area contributed by atoms with E-state index in [0.29, 0.717) is 30.4 Å². The van der Waals surface area contributed by atoms with Crippen molar-refractivity contribution in [1.82, 2.24) is 0 Å². The summed E-state index contributed by atoms with van der Waals surface area (Å²) in [6.07, 6.45) is 1.97. The van der Waals surface area contributed by atoms with Crippen LogP contribution in [-0.2, 0) is 14.3 Å². The summed E-state index contributed by atoms with van der Waals surface area (Å²) in [4.78, 5) is 24.1. The SMILES string of the molecule is CC(OC(=O)/C=C/c1ccc(Br)cc1)C(=O)Nc1ccc2c(c1)OCCO2. The van der Waals surface area contributed by atoms with Crippen molar-refractivity contribution < 1.29 is 23.8 Å². The molecule has 0 fully saturated rings. The summed E-state index contributed by atoms with van der Waals surface area (Å²) in [5.41, 5.74) is 1.39. The van der Waals surface area contributed by atoms with Crippen LogP contribution in [-0.4, -0.2) is 31.2 Å². The number of ether oxygens (including phenoxy) is 3. The summed E-state index contributed by atoms with van der Waals surface area (Å²) in [6.45, 7) is 2.47. The molecule has 1 amide bonds. The highest BCUT2D eigenvalue weighted by atomic mass is 79.9. The third-order valence-electron chi connectivity index (χ3n) is 3.75. The third kappa shape index (κ3) is 5.34. The standard InChI is InChI=1S/C20H18BrNO5/c1-13(27-19(23)9-4-14-2-5-15(21)6-3-14)20(24)22-16-7-8-17-18(12-16)26-11-10-25-17/h2-9,12-13H,10-11H2,1H3,(H,22,24)/b9-4+. The van der Waals surface area contributed by atoms with Crippen molar-refractivity contribution in [3.05, 3.63) is 58.6 Å². The number of benzene rings is 2. The van der Waals surface area contributed by atoms with E-state index in [2.05, 4.69) is 21.2 Å². The quantitative estimate of drug-likeness (QED) is 0.575. The Morgan fingerprint density at radius 3 is 2.56 bits per heavy atom. The monoisotopic (exact) mass is 431 g/mol. The summed E-state index contributed by atoms with van der Waals surface area (Å²) in [5, 5.41) is 2.70. The van der Waals surface area contributed by atoms with Gasteiger partial charge in [-0.15, -0.1) is 0 Å². The van der Waals surface area contributed by atoms with Crippen molar-refractivity contribution in [2.45, 2.75) is 13.0 Å². The van der Waals surface area contributed by atoms with Gasteiger partial charge in [-0.1, -0.05) is 28.1 Å². The molecule has 0 radical (unpaired) electrons. The normalized spacial score (nSPS) is 13.9. The summed E-state index contributed by atoms with van der Waals surface area (Å²) < 4.78 is 17.0. The van der Waals surface area contributed by atoms with E-state index >= 15 is 0 Å². The highest BCUT2D eigenvalue weighted by Gasteiger charge is 2.18. The lowest BCUT2D eigenvalue weighted by Crippen LogP contribution is -2.29. The van der Waals surface area contributed by atoms with Crippen LogP contribution in [0.5, 0.6) is 11.5 Å². The minimum Gasteiger partial charge on any atom is -0.486 e. The predicted octanol–water partition coefficient (Wildman–Crippen LogP) is 3.80. The van der Waals surface area contributed by atoms with E-state index in [1.165, 1.54) is 13.0 Å². The van der Waals surface area contributed by atoms with Crippen molar-refractivity contribution in [3.63, 3.8) is 0 Å². The first kappa shape index (κ1) is 19.0. The van der Waals surface area contributed by atoms with Gasteiger partial charge in [0.25, 0.3) is 5.91 Å². The maximum atomic E-state index is 12.2. The van der Waals surface area contributed by atoms with Crippen LogP contribution in [0, 0.1) is 0 Å². The van der Waals surface area contributed by atoms with Crippen LogP contribution in [0.2, 0.25) is 0 Å². The lowest BCUT2D eigenvalue weighted by atomic mass is 10.2. The summed E-state index contributed by atoms with van der Waals surface area (Å²) >= 11 is 3.35. The number of halogens is 1. The second-order valence-corrected chi connectivity index (χ2v) is 6.73. The molecule has 0 aliphatic carbocycles. The Balaban J connectivity index is 1.54. The molecular weight excluding hydrogens is 414 g/mol. The molecule has 0 saturated carbocycles. The molecule has 1 unspecified atom stereocenters. The average molecular weight is 432 g/mol. The van der Waals surface area contributed by atoms with E-state index in [0.717, 1.165) is 10.0 Å². The zero-order valence-electron chi connectivity index (χ0n) is 14.6. The lowest BCUT2D eigenvalue weighted by molar-refractivity contribution is -0.148. The number of esters is 1. The van der Waals surface area contributed by atoms with Crippen LogP contribution >= 0.6 is 15.9 Å². The molecule has 1 aliphatic heterocycles. The van der Waals surface area contributed by atoms with E-state index in [1.54, 1.807) is 24.3 Å². The first-order valence-corrected chi connectivity index (χ1v) is 9.15. The number of rotatable bonds is 5. The molecule has 0 bridgehead atoms. The van der Waals surface area contributed by atoms with Gasteiger partial charge in [-0.3, -0.25) is 4.79 Å². The molecule has 0 saturated heterocycles. The minimum absolute atomic E-state index is 0.433. The Kier molecular flexibility index (Phi) is 6.13. The highest BCUT2D eigenvalue weighted by molar-refractivity contribution is 9.10. The fourth-order valence-electron chi connectivity index (χ4n) is 2.37. The Bertz CT molecular complexity index is 863. The molecule has 0 spiro atoms. The van der Waals surface area contributed by atoms with E-state index in [1.807, 2.05) is 24.3 Å². The van der Waals surface area contributed by atoms with Crippen molar-refractivity contribution in [3.8, 4) is 11.5 Å². The molecule has 0 aromatic heterocycles. The number of hydrogen-bond acceptors (Lipinski definition) is 5. The molecule has 6 nitrogen and oxygen atoms in total.